The first kappa shape index (κ1) is 20.0. The lowest BCUT2D eigenvalue weighted by Crippen LogP contribution is -2.30. The third-order valence-corrected chi connectivity index (χ3v) is 4.99. The average Bonchev–Trinajstić information content (AvgIpc) is 2.62. The molecule has 2 aromatic rings. The molecule has 0 aromatic heterocycles. The molecule has 0 radical (unpaired) electrons. The Labute approximate surface area is 160 Å². The minimum atomic E-state index is -0.166. The number of anilines is 1. The molecule has 5 heteroatoms. The zero-order chi connectivity index (χ0) is 19.1. The molecule has 0 fully saturated rings. The van der Waals surface area contributed by atoms with Crippen molar-refractivity contribution in [2.45, 2.75) is 37.8 Å². The molecule has 0 bridgehead atoms. The van der Waals surface area contributed by atoms with E-state index in [1.165, 1.54) is 0 Å². The summed E-state index contributed by atoms with van der Waals surface area (Å²) in [5, 5.41) is 3.31. The first-order valence-electron chi connectivity index (χ1n) is 8.92. The molecule has 0 atom stereocenters. The lowest BCUT2D eigenvalue weighted by atomic mass is 10.1. The van der Waals surface area contributed by atoms with Gasteiger partial charge in [0.25, 0.3) is 11.8 Å². The second kappa shape index (κ2) is 9.43. The molecule has 0 aliphatic carbocycles. The number of carbonyl (C=O) groups is 2. The van der Waals surface area contributed by atoms with Gasteiger partial charge in [-0.25, -0.2) is 0 Å². The van der Waals surface area contributed by atoms with Gasteiger partial charge in [-0.2, -0.15) is 0 Å². The Balaban J connectivity index is 2.20. The van der Waals surface area contributed by atoms with E-state index >= 15 is 0 Å². The zero-order valence-electron chi connectivity index (χ0n) is 15.8. The number of benzene rings is 2. The minimum Gasteiger partial charge on any atom is -0.339 e. The summed E-state index contributed by atoms with van der Waals surface area (Å²) < 4.78 is 0. The smallest absolute Gasteiger partial charge is 0.256 e. The molecule has 0 aliphatic rings. The number of hydrogen-bond donors (Lipinski definition) is 1. The van der Waals surface area contributed by atoms with Crippen LogP contribution in [0.3, 0.4) is 0 Å². The molecule has 0 heterocycles. The minimum absolute atomic E-state index is 0.0261. The van der Waals surface area contributed by atoms with Crippen molar-refractivity contribution in [1.82, 2.24) is 4.90 Å². The van der Waals surface area contributed by atoms with Crippen molar-refractivity contribution >= 4 is 29.3 Å². The average molecular weight is 371 g/mol. The van der Waals surface area contributed by atoms with Gasteiger partial charge in [0.05, 0.1) is 5.56 Å². The molecule has 4 nitrogen and oxygen atoms in total. The first-order chi connectivity index (χ1) is 12.5. The van der Waals surface area contributed by atoms with Crippen molar-refractivity contribution in [2.24, 2.45) is 0 Å². The second-order valence-electron chi connectivity index (χ2n) is 6.18. The predicted octanol–water partition coefficient (Wildman–Crippen LogP) is 4.92. The van der Waals surface area contributed by atoms with E-state index in [0.29, 0.717) is 35.2 Å². The van der Waals surface area contributed by atoms with Crippen LogP contribution < -0.4 is 5.32 Å². The van der Waals surface area contributed by atoms with Crippen LogP contribution in [0, 0.1) is 0 Å². The normalized spacial score (nSPS) is 10.7. The molecule has 0 unspecified atom stereocenters. The largest absolute Gasteiger partial charge is 0.339 e. The molecular weight excluding hydrogens is 344 g/mol. The van der Waals surface area contributed by atoms with Crippen LogP contribution in [0.25, 0.3) is 0 Å². The van der Waals surface area contributed by atoms with Crippen molar-refractivity contribution in [3.05, 3.63) is 59.7 Å². The van der Waals surface area contributed by atoms with Gasteiger partial charge in [-0.05, 0) is 44.2 Å². The number of hydrogen-bond acceptors (Lipinski definition) is 3. The number of carbonyl (C=O) groups excluding carboxylic acids is 2. The maximum atomic E-state index is 12.7. The third-order valence-electron chi connectivity index (χ3n) is 3.91. The maximum absolute atomic E-state index is 12.7. The van der Waals surface area contributed by atoms with Gasteiger partial charge >= 0.3 is 0 Å². The number of rotatable bonds is 7. The van der Waals surface area contributed by atoms with Gasteiger partial charge in [0, 0.05) is 34.5 Å². The van der Waals surface area contributed by atoms with Crippen LogP contribution in [-0.4, -0.2) is 35.1 Å². The standard InChI is InChI=1S/C21H26N2O2S/c1-5-23(6-2)21(25)16-10-9-11-17(14-16)22-20(24)18-12-7-8-13-19(18)26-15(3)4/h7-15H,5-6H2,1-4H3,(H,22,24). The fourth-order valence-electron chi connectivity index (χ4n) is 2.63. The third kappa shape index (κ3) is 5.11. The first-order valence-corrected chi connectivity index (χ1v) is 9.80. The van der Waals surface area contributed by atoms with Crippen LogP contribution in [0.1, 0.15) is 48.4 Å². The summed E-state index contributed by atoms with van der Waals surface area (Å²) in [6, 6.07) is 14.7. The van der Waals surface area contributed by atoms with Gasteiger partial charge in [0.2, 0.25) is 0 Å². The summed E-state index contributed by atoms with van der Waals surface area (Å²) in [6.07, 6.45) is 0. The summed E-state index contributed by atoms with van der Waals surface area (Å²) in [5.41, 5.74) is 1.85. The van der Waals surface area contributed by atoms with Gasteiger partial charge in [-0.1, -0.05) is 32.0 Å². The Bertz CT molecular complexity index is 770. The highest BCUT2D eigenvalue weighted by Crippen LogP contribution is 2.27. The number of nitrogens with zero attached hydrogens (tertiary/aromatic N) is 1. The van der Waals surface area contributed by atoms with E-state index in [1.54, 1.807) is 40.9 Å². The topological polar surface area (TPSA) is 49.4 Å². The lowest BCUT2D eigenvalue weighted by Gasteiger charge is -2.19. The predicted molar refractivity (Wildman–Crippen MR) is 109 cm³/mol. The Morgan fingerprint density at radius 1 is 1.04 bits per heavy atom. The van der Waals surface area contributed by atoms with Crippen molar-refractivity contribution in [3.8, 4) is 0 Å². The number of nitrogens with one attached hydrogen (secondary N) is 1. The molecule has 138 valence electrons. The van der Waals surface area contributed by atoms with Crippen molar-refractivity contribution < 1.29 is 9.59 Å². The Kier molecular flexibility index (Phi) is 7.27. The summed E-state index contributed by atoms with van der Waals surface area (Å²) in [7, 11) is 0. The van der Waals surface area contributed by atoms with Gasteiger partial charge < -0.3 is 10.2 Å². The molecule has 1 N–H and O–H groups in total. The van der Waals surface area contributed by atoms with Gasteiger partial charge in [-0.3, -0.25) is 9.59 Å². The molecule has 2 rings (SSSR count). The van der Waals surface area contributed by atoms with Crippen molar-refractivity contribution in [1.29, 1.82) is 0 Å². The molecule has 2 aromatic carbocycles. The lowest BCUT2D eigenvalue weighted by molar-refractivity contribution is 0.0772. The summed E-state index contributed by atoms with van der Waals surface area (Å²) in [6.45, 7) is 9.42. The van der Waals surface area contributed by atoms with Crippen LogP contribution in [0.15, 0.2) is 53.4 Å². The van der Waals surface area contributed by atoms with Crippen LogP contribution in [0.5, 0.6) is 0 Å². The number of thioether (sulfide) groups is 1. The Hall–Kier alpha value is -2.27. The summed E-state index contributed by atoms with van der Waals surface area (Å²) in [5.74, 6) is -0.192. The van der Waals surface area contributed by atoms with E-state index in [4.69, 9.17) is 0 Å². The molecule has 0 spiro atoms. The van der Waals surface area contributed by atoms with Crippen LogP contribution in [-0.2, 0) is 0 Å². The highest BCUT2D eigenvalue weighted by Gasteiger charge is 2.15. The Morgan fingerprint density at radius 3 is 2.38 bits per heavy atom. The highest BCUT2D eigenvalue weighted by molar-refractivity contribution is 8.00. The van der Waals surface area contributed by atoms with Crippen LogP contribution >= 0.6 is 11.8 Å². The van der Waals surface area contributed by atoms with Gasteiger partial charge in [-0.15, -0.1) is 11.8 Å². The fraction of sp³-hybridized carbons (Fsp3) is 0.333. The van der Waals surface area contributed by atoms with E-state index in [2.05, 4.69) is 19.2 Å². The summed E-state index contributed by atoms with van der Waals surface area (Å²) in [4.78, 5) is 27.9. The maximum Gasteiger partial charge on any atom is 0.256 e. The van der Waals surface area contributed by atoms with E-state index in [0.717, 1.165) is 4.90 Å². The van der Waals surface area contributed by atoms with Crippen LogP contribution in [0.4, 0.5) is 5.69 Å². The summed E-state index contributed by atoms with van der Waals surface area (Å²) >= 11 is 1.66. The zero-order valence-corrected chi connectivity index (χ0v) is 16.6. The van der Waals surface area contributed by atoms with Gasteiger partial charge in [0.1, 0.15) is 0 Å². The van der Waals surface area contributed by atoms with E-state index < -0.39 is 0 Å². The van der Waals surface area contributed by atoms with E-state index in [9.17, 15) is 9.59 Å². The molecule has 0 saturated heterocycles. The molecule has 0 aliphatic heterocycles. The SMILES string of the molecule is CCN(CC)C(=O)c1cccc(NC(=O)c2ccccc2SC(C)C)c1. The van der Waals surface area contributed by atoms with Crippen molar-refractivity contribution in [2.75, 3.05) is 18.4 Å². The molecule has 2 amide bonds. The quantitative estimate of drug-likeness (QED) is 0.704. The molecule has 26 heavy (non-hydrogen) atoms. The van der Waals surface area contributed by atoms with E-state index in [1.807, 2.05) is 38.1 Å². The highest BCUT2D eigenvalue weighted by atomic mass is 32.2. The number of amides is 2. The van der Waals surface area contributed by atoms with E-state index in [-0.39, 0.29) is 11.8 Å². The van der Waals surface area contributed by atoms with Crippen molar-refractivity contribution in [3.63, 3.8) is 0 Å². The molecule has 0 saturated carbocycles. The second-order valence-corrected chi connectivity index (χ2v) is 7.79. The van der Waals surface area contributed by atoms with Gasteiger partial charge in [0.15, 0.2) is 0 Å². The monoisotopic (exact) mass is 370 g/mol. The fourth-order valence-corrected chi connectivity index (χ4v) is 3.59. The Morgan fingerprint density at radius 2 is 1.73 bits per heavy atom. The van der Waals surface area contributed by atoms with Crippen LogP contribution in [0.2, 0.25) is 0 Å². The molecular formula is C21H26N2O2S.